The average Bonchev–Trinajstić information content (AvgIpc) is 3.27. The molecule has 0 bridgehead atoms. The van der Waals surface area contributed by atoms with Gasteiger partial charge in [-0.2, -0.15) is 0 Å². The number of pyridine rings is 1. The van der Waals surface area contributed by atoms with Crippen LogP contribution in [0.2, 0.25) is 0 Å². The van der Waals surface area contributed by atoms with Crippen molar-refractivity contribution in [3.8, 4) is 0 Å². The second-order valence-corrected chi connectivity index (χ2v) is 7.91. The maximum Gasteiger partial charge on any atom is 0.348 e. The van der Waals surface area contributed by atoms with Crippen LogP contribution in [0.5, 0.6) is 0 Å². The van der Waals surface area contributed by atoms with Crippen molar-refractivity contribution < 1.29 is 23.9 Å². The van der Waals surface area contributed by atoms with Crippen LogP contribution in [0.3, 0.4) is 0 Å². The first-order valence-electron chi connectivity index (χ1n) is 9.16. The van der Waals surface area contributed by atoms with Gasteiger partial charge in [-0.3, -0.25) is 9.20 Å². The van der Waals surface area contributed by atoms with Gasteiger partial charge in [0, 0.05) is 6.20 Å². The standard InChI is InChI=1S/C19H20N4O5S2/c1-4-27-17(25)14-11(3)15(18(26)28-5-2)30-16(14)20-13(24)10-29-19-22-21-12-8-6-7-9-23(12)19/h6-9H,4-5,10H2,1-3H3,(H,20,24). The van der Waals surface area contributed by atoms with Gasteiger partial charge in [-0.15, -0.1) is 21.5 Å². The summed E-state index contributed by atoms with van der Waals surface area (Å²) in [6.45, 7) is 5.38. The smallest absolute Gasteiger partial charge is 0.348 e. The van der Waals surface area contributed by atoms with Crippen LogP contribution < -0.4 is 5.32 Å². The van der Waals surface area contributed by atoms with Gasteiger partial charge in [-0.1, -0.05) is 17.8 Å². The normalized spacial score (nSPS) is 10.8. The van der Waals surface area contributed by atoms with Crippen molar-refractivity contribution in [2.75, 3.05) is 24.3 Å². The third kappa shape index (κ3) is 4.62. The quantitative estimate of drug-likeness (QED) is 0.413. The van der Waals surface area contributed by atoms with Gasteiger partial charge in [0.25, 0.3) is 0 Å². The van der Waals surface area contributed by atoms with Gasteiger partial charge in [0.05, 0.1) is 24.5 Å². The van der Waals surface area contributed by atoms with Crippen LogP contribution in [0.15, 0.2) is 29.6 Å². The molecule has 3 aromatic heterocycles. The van der Waals surface area contributed by atoms with E-state index >= 15 is 0 Å². The first-order valence-corrected chi connectivity index (χ1v) is 11.0. The van der Waals surface area contributed by atoms with Gasteiger partial charge in [0.15, 0.2) is 10.8 Å². The van der Waals surface area contributed by atoms with E-state index < -0.39 is 11.9 Å². The van der Waals surface area contributed by atoms with Gasteiger partial charge in [0.2, 0.25) is 5.91 Å². The number of nitrogens with one attached hydrogen (secondary N) is 1. The van der Waals surface area contributed by atoms with Gasteiger partial charge < -0.3 is 14.8 Å². The highest BCUT2D eigenvalue weighted by atomic mass is 32.2. The Morgan fingerprint density at radius 3 is 2.60 bits per heavy atom. The van der Waals surface area contributed by atoms with E-state index in [1.807, 2.05) is 24.4 Å². The number of hydrogen-bond acceptors (Lipinski definition) is 9. The van der Waals surface area contributed by atoms with Crippen LogP contribution in [0.25, 0.3) is 5.65 Å². The molecule has 3 aromatic rings. The number of hydrogen-bond donors (Lipinski definition) is 1. The Morgan fingerprint density at radius 1 is 1.13 bits per heavy atom. The monoisotopic (exact) mass is 448 g/mol. The summed E-state index contributed by atoms with van der Waals surface area (Å²) >= 11 is 2.20. The third-order valence-corrected chi connectivity index (χ3v) is 6.09. The average molecular weight is 449 g/mol. The van der Waals surface area contributed by atoms with Crippen molar-refractivity contribution in [3.63, 3.8) is 0 Å². The zero-order valence-corrected chi connectivity index (χ0v) is 18.3. The van der Waals surface area contributed by atoms with Crippen LogP contribution in [-0.2, 0) is 14.3 Å². The van der Waals surface area contributed by atoms with Crippen LogP contribution in [0.1, 0.15) is 39.4 Å². The number of thioether (sulfide) groups is 1. The lowest BCUT2D eigenvalue weighted by Crippen LogP contribution is -2.16. The number of amides is 1. The molecule has 0 saturated carbocycles. The molecule has 0 aromatic carbocycles. The molecule has 0 aliphatic heterocycles. The highest BCUT2D eigenvalue weighted by Gasteiger charge is 2.27. The third-order valence-electron chi connectivity index (χ3n) is 3.95. The number of carbonyl (C=O) groups is 3. The fourth-order valence-electron chi connectivity index (χ4n) is 2.65. The molecular weight excluding hydrogens is 428 g/mol. The Balaban J connectivity index is 1.78. The minimum atomic E-state index is -0.604. The zero-order valence-electron chi connectivity index (χ0n) is 16.6. The Bertz CT molecular complexity index is 1090. The summed E-state index contributed by atoms with van der Waals surface area (Å²) in [4.78, 5) is 37.4. The number of rotatable bonds is 8. The first-order chi connectivity index (χ1) is 14.5. The molecule has 158 valence electrons. The Morgan fingerprint density at radius 2 is 1.87 bits per heavy atom. The highest BCUT2D eigenvalue weighted by molar-refractivity contribution is 7.99. The molecular formula is C19H20N4O5S2. The molecule has 0 aliphatic rings. The lowest BCUT2D eigenvalue weighted by atomic mass is 10.1. The molecule has 3 rings (SSSR count). The van der Waals surface area contributed by atoms with Crippen LogP contribution in [0, 0.1) is 6.92 Å². The van der Waals surface area contributed by atoms with E-state index in [1.165, 1.54) is 11.8 Å². The molecule has 0 fully saturated rings. The zero-order chi connectivity index (χ0) is 21.7. The minimum absolute atomic E-state index is 0.0453. The molecule has 1 N–H and O–H groups in total. The molecule has 11 heteroatoms. The highest BCUT2D eigenvalue weighted by Crippen LogP contribution is 2.34. The number of aromatic nitrogens is 3. The van der Waals surface area contributed by atoms with Crippen molar-refractivity contribution in [1.29, 1.82) is 0 Å². The number of anilines is 1. The SMILES string of the molecule is CCOC(=O)c1sc(NC(=O)CSc2nnc3ccccn23)c(C(=O)OCC)c1C. The summed E-state index contributed by atoms with van der Waals surface area (Å²) < 4.78 is 11.9. The van der Waals surface area contributed by atoms with Crippen molar-refractivity contribution in [2.24, 2.45) is 0 Å². The number of fused-ring (bicyclic) bond motifs is 1. The van der Waals surface area contributed by atoms with E-state index in [0.717, 1.165) is 11.3 Å². The van der Waals surface area contributed by atoms with Gasteiger partial charge in [-0.05, 0) is 38.5 Å². The molecule has 0 unspecified atom stereocenters. The van der Waals surface area contributed by atoms with Gasteiger partial charge >= 0.3 is 11.9 Å². The second-order valence-electron chi connectivity index (χ2n) is 5.95. The predicted octanol–water partition coefficient (Wildman–Crippen LogP) is 3.18. The van der Waals surface area contributed by atoms with Crippen LogP contribution in [-0.4, -0.2) is 51.4 Å². The van der Waals surface area contributed by atoms with E-state index in [4.69, 9.17) is 9.47 Å². The number of thiophene rings is 1. The number of ether oxygens (including phenoxy) is 2. The maximum atomic E-state index is 12.5. The molecule has 0 aliphatic carbocycles. The molecule has 9 nitrogen and oxygen atoms in total. The molecule has 3 heterocycles. The summed E-state index contributed by atoms with van der Waals surface area (Å²) in [5, 5.41) is 11.6. The first kappa shape index (κ1) is 21.8. The van der Waals surface area contributed by atoms with Crippen LogP contribution in [0.4, 0.5) is 5.00 Å². The van der Waals surface area contributed by atoms with E-state index in [0.29, 0.717) is 16.4 Å². The van der Waals surface area contributed by atoms with Crippen LogP contribution >= 0.6 is 23.1 Å². The second kappa shape index (κ2) is 9.72. The molecule has 0 saturated heterocycles. The van der Waals surface area contributed by atoms with Gasteiger partial charge in [0.1, 0.15) is 9.88 Å². The van der Waals surface area contributed by atoms with Crippen molar-refractivity contribution in [1.82, 2.24) is 14.6 Å². The molecule has 0 atom stereocenters. The topological polar surface area (TPSA) is 112 Å². The number of esters is 2. The fraction of sp³-hybridized carbons (Fsp3) is 0.316. The summed E-state index contributed by atoms with van der Waals surface area (Å²) in [5.74, 6) is -1.46. The predicted molar refractivity (Wildman–Crippen MR) is 113 cm³/mol. The summed E-state index contributed by atoms with van der Waals surface area (Å²) in [6, 6.07) is 5.51. The largest absolute Gasteiger partial charge is 0.462 e. The molecule has 0 spiro atoms. The lowest BCUT2D eigenvalue weighted by molar-refractivity contribution is -0.113. The van der Waals surface area contributed by atoms with E-state index in [-0.39, 0.29) is 40.3 Å². The van der Waals surface area contributed by atoms with Crippen molar-refractivity contribution in [3.05, 3.63) is 40.4 Å². The van der Waals surface area contributed by atoms with E-state index in [2.05, 4.69) is 15.5 Å². The fourth-order valence-corrected chi connectivity index (χ4v) is 4.48. The minimum Gasteiger partial charge on any atom is -0.462 e. The van der Waals surface area contributed by atoms with Gasteiger partial charge in [-0.25, -0.2) is 9.59 Å². The van der Waals surface area contributed by atoms with E-state index in [9.17, 15) is 14.4 Å². The Labute approximate surface area is 180 Å². The Kier molecular flexibility index (Phi) is 7.06. The van der Waals surface area contributed by atoms with Crippen molar-refractivity contribution in [2.45, 2.75) is 25.9 Å². The van der Waals surface area contributed by atoms with Crippen molar-refractivity contribution >= 4 is 51.6 Å². The lowest BCUT2D eigenvalue weighted by Gasteiger charge is -2.07. The molecule has 0 radical (unpaired) electrons. The summed E-state index contributed by atoms with van der Waals surface area (Å²) in [7, 11) is 0. The van der Waals surface area contributed by atoms with E-state index in [1.54, 1.807) is 25.2 Å². The summed E-state index contributed by atoms with van der Waals surface area (Å²) in [5.41, 5.74) is 1.26. The number of carbonyl (C=O) groups excluding carboxylic acids is 3. The molecule has 30 heavy (non-hydrogen) atoms. The Hall–Kier alpha value is -2.92. The maximum absolute atomic E-state index is 12.5. The number of nitrogens with zero attached hydrogens (tertiary/aromatic N) is 3. The summed E-state index contributed by atoms with van der Waals surface area (Å²) in [6.07, 6.45) is 1.81. The molecule has 1 amide bonds.